The Hall–Kier alpha value is -0.650. The molecule has 0 radical (unpaired) electrons. The zero-order chi connectivity index (χ0) is 11.8. The Morgan fingerprint density at radius 3 is 2.81 bits per heavy atom. The van der Waals surface area contributed by atoms with Crippen LogP contribution in [0, 0.1) is 0 Å². The lowest BCUT2D eigenvalue weighted by atomic mass is 10.00. The van der Waals surface area contributed by atoms with Gasteiger partial charge in [0, 0.05) is 26.7 Å². The second-order valence-electron chi connectivity index (χ2n) is 4.89. The first-order chi connectivity index (χ1) is 7.54. The maximum atomic E-state index is 12.3. The molecule has 0 aromatic heterocycles. The first-order valence-corrected chi connectivity index (χ1v) is 5.84. The molecular weight excluding hydrogens is 208 g/mol. The highest BCUT2D eigenvalue weighted by Crippen LogP contribution is 2.28. The molecule has 92 valence electrons. The van der Waals surface area contributed by atoms with Gasteiger partial charge >= 0.3 is 0 Å². The molecule has 2 N–H and O–H groups in total. The van der Waals surface area contributed by atoms with Crippen molar-refractivity contribution in [1.29, 1.82) is 0 Å². The summed E-state index contributed by atoms with van der Waals surface area (Å²) in [4.78, 5) is 13.9. The van der Waals surface area contributed by atoms with E-state index in [9.17, 15) is 9.90 Å². The number of carbonyl (C=O) groups excluding carboxylic acids is 1. The SMILES string of the molecule is CN(C(=O)C1(C)CCCO1)[C@@H]1CNC[C@H]1O. The first-order valence-electron chi connectivity index (χ1n) is 5.84. The molecule has 2 heterocycles. The van der Waals surface area contributed by atoms with E-state index >= 15 is 0 Å². The second-order valence-corrected chi connectivity index (χ2v) is 4.89. The van der Waals surface area contributed by atoms with E-state index in [0.29, 0.717) is 19.7 Å². The number of rotatable bonds is 2. The zero-order valence-electron chi connectivity index (χ0n) is 9.90. The molecule has 1 amide bonds. The lowest BCUT2D eigenvalue weighted by Crippen LogP contribution is -2.52. The van der Waals surface area contributed by atoms with Crippen LogP contribution in [-0.4, -0.2) is 60.4 Å². The smallest absolute Gasteiger partial charge is 0.254 e. The topological polar surface area (TPSA) is 61.8 Å². The molecule has 0 saturated carbocycles. The van der Waals surface area contributed by atoms with E-state index in [-0.39, 0.29) is 11.9 Å². The predicted octanol–water partition coefficient (Wildman–Crippen LogP) is -0.653. The Morgan fingerprint density at radius 2 is 2.31 bits per heavy atom. The third kappa shape index (κ3) is 1.95. The summed E-state index contributed by atoms with van der Waals surface area (Å²) in [5.41, 5.74) is -0.683. The second kappa shape index (κ2) is 4.31. The van der Waals surface area contributed by atoms with Crippen molar-refractivity contribution in [3.63, 3.8) is 0 Å². The number of ether oxygens (including phenoxy) is 1. The Balaban J connectivity index is 2.03. The van der Waals surface area contributed by atoms with Crippen LogP contribution in [0.4, 0.5) is 0 Å². The fourth-order valence-electron chi connectivity index (χ4n) is 2.52. The van der Waals surface area contributed by atoms with Crippen LogP contribution in [0.15, 0.2) is 0 Å². The molecule has 5 heteroatoms. The van der Waals surface area contributed by atoms with Crippen LogP contribution in [-0.2, 0) is 9.53 Å². The Kier molecular flexibility index (Phi) is 3.19. The maximum Gasteiger partial charge on any atom is 0.254 e. The zero-order valence-corrected chi connectivity index (χ0v) is 9.90. The fourth-order valence-corrected chi connectivity index (χ4v) is 2.52. The van der Waals surface area contributed by atoms with Gasteiger partial charge in [-0.2, -0.15) is 0 Å². The van der Waals surface area contributed by atoms with E-state index in [1.807, 2.05) is 6.92 Å². The number of aliphatic hydroxyl groups is 1. The minimum Gasteiger partial charge on any atom is -0.390 e. The number of aliphatic hydroxyl groups excluding tert-OH is 1. The highest BCUT2D eigenvalue weighted by Gasteiger charge is 2.43. The summed E-state index contributed by atoms with van der Waals surface area (Å²) in [6.07, 6.45) is 1.23. The molecule has 0 aliphatic carbocycles. The largest absolute Gasteiger partial charge is 0.390 e. The van der Waals surface area contributed by atoms with E-state index in [0.717, 1.165) is 12.8 Å². The molecule has 5 nitrogen and oxygen atoms in total. The van der Waals surface area contributed by atoms with Crippen molar-refractivity contribution in [1.82, 2.24) is 10.2 Å². The van der Waals surface area contributed by atoms with Crippen molar-refractivity contribution in [3.05, 3.63) is 0 Å². The van der Waals surface area contributed by atoms with Crippen LogP contribution in [0.25, 0.3) is 0 Å². The van der Waals surface area contributed by atoms with Crippen LogP contribution < -0.4 is 5.32 Å². The molecule has 2 aliphatic heterocycles. The minimum atomic E-state index is -0.683. The standard InChI is InChI=1S/C11H20N2O3/c1-11(4-3-5-16-11)10(15)13(2)8-6-12-7-9(8)14/h8-9,12,14H,3-7H2,1-2H3/t8-,9-,11?/m1/s1. The van der Waals surface area contributed by atoms with Gasteiger partial charge in [-0.05, 0) is 19.8 Å². The van der Waals surface area contributed by atoms with Crippen LogP contribution in [0.5, 0.6) is 0 Å². The minimum absolute atomic E-state index is 0.0160. The molecule has 2 saturated heterocycles. The summed E-state index contributed by atoms with van der Waals surface area (Å²) in [6, 6.07) is -0.131. The van der Waals surface area contributed by atoms with Gasteiger partial charge < -0.3 is 20.1 Å². The van der Waals surface area contributed by atoms with Gasteiger partial charge in [0.25, 0.3) is 5.91 Å². The van der Waals surface area contributed by atoms with Crippen LogP contribution in [0.1, 0.15) is 19.8 Å². The number of nitrogens with one attached hydrogen (secondary N) is 1. The quantitative estimate of drug-likeness (QED) is 0.659. The Bertz CT molecular complexity index is 276. The van der Waals surface area contributed by atoms with Gasteiger partial charge in [0.1, 0.15) is 5.60 Å². The molecule has 0 bridgehead atoms. The molecule has 0 aromatic carbocycles. The third-order valence-electron chi connectivity index (χ3n) is 3.64. The maximum absolute atomic E-state index is 12.3. The lowest BCUT2D eigenvalue weighted by Gasteiger charge is -2.33. The highest BCUT2D eigenvalue weighted by atomic mass is 16.5. The number of carbonyl (C=O) groups is 1. The van der Waals surface area contributed by atoms with Gasteiger partial charge in [0.05, 0.1) is 12.1 Å². The average Bonchev–Trinajstić information content (AvgIpc) is 2.86. The van der Waals surface area contributed by atoms with E-state index in [1.165, 1.54) is 0 Å². The van der Waals surface area contributed by atoms with Gasteiger partial charge in [0.15, 0.2) is 0 Å². The Labute approximate surface area is 95.8 Å². The van der Waals surface area contributed by atoms with Crippen LogP contribution >= 0.6 is 0 Å². The molecule has 16 heavy (non-hydrogen) atoms. The van der Waals surface area contributed by atoms with Crippen LogP contribution in [0.2, 0.25) is 0 Å². The summed E-state index contributed by atoms with van der Waals surface area (Å²) in [6.45, 7) is 3.70. The van der Waals surface area contributed by atoms with E-state index < -0.39 is 11.7 Å². The molecule has 0 aromatic rings. The summed E-state index contributed by atoms with van der Waals surface area (Å²) in [5, 5.41) is 12.8. The summed E-state index contributed by atoms with van der Waals surface area (Å²) in [5.74, 6) is -0.0160. The van der Waals surface area contributed by atoms with E-state index in [4.69, 9.17) is 4.74 Å². The summed E-state index contributed by atoms with van der Waals surface area (Å²) < 4.78 is 5.52. The van der Waals surface area contributed by atoms with Crippen molar-refractivity contribution in [2.24, 2.45) is 0 Å². The molecule has 3 atom stereocenters. The van der Waals surface area contributed by atoms with Gasteiger partial charge in [-0.25, -0.2) is 0 Å². The van der Waals surface area contributed by atoms with E-state index in [2.05, 4.69) is 5.32 Å². The normalized spacial score (nSPS) is 38.9. The number of hydrogen-bond donors (Lipinski definition) is 2. The van der Waals surface area contributed by atoms with Crippen molar-refractivity contribution in [2.45, 2.75) is 37.5 Å². The average molecular weight is 228 g/mol. The molecule has 2 rings (SSSR count). The van der Waals surface area contributed by atoms with Gasteiger partial charge in [-0.1, -0.05) is 0 Å². The third-order valence-corrected chi connectivity index (χ3v) is 3.64. The number of likely N-dealkylation sites (N-methyl/N-ethyl adjacent to an activating group) is 1. The molecule has 2 aliphatic rings. The van der Waals surface area contributed by atoms with E-state index in [1.54, 1.807) is 11.9 Å². The number of β-amino-alcohol motifs (C(OH)–C–C–N with tert-alkyl or cyclic N) is 1. The van der Waals surface area contributed by atoms with Gasteiger partial charge in [-0.3, -0.25) is 4.79 Å². The van der Waals surface area contributed by atoms with Crippen LogP contribution in [0.3, 0.4) is 0 Å². The summed E-state index contributed by atoms with van der Waals surface area (Å²) in [7, 11) is 1.75. The fraction of sp³-hybridized carbons (Fsp3) is 0.909. The Morgan fingerprint density at radius 1 is 1.56 bits per heavy atom. The molecule has 2 fully saturated rings. The lowest BCUT2D eigenvalue weighted by molar-refractivity contribution is -0.153. The predicted molar refractivity (Wildman–Crippen MR) is 59.0 cm³/mol. The van der Waals surface area contributed by atoms with Crippen molar-refractivity contribution in [2.75, 3.05) is 26.7 Å². The van der Waals surface area contributed by atoms with Crippen molar-refractivity contribution >= 4 is 5.91 Å². The van der Waals surface area contributed by atoms with Gasteiger partial charge in [0.2, 0.25) is 0 Å². The van der Waals surface area contributed by atoms with Crippen molar-refractivity contribution < 1.29 is 14.6 Å². The molecular formula is C11H20N2O3. The molecule has 0 spiro atoms. The number of amides is 1. The van der Waals surface area contributed by atoms with Gasteiger partial charge in [-0.15, -0.1) is 0 Å². The highest BCUT2D eigenvalue weighted by molar-refractivity contribution is 5.85. The summed E-state index contributed by atoms with van der Waals surface area (Å²) >= 11 is 0. The number of hydrogen-bond acceptors (Lipinski definition) is 4. The van der Waals surface area contributed by atoms with Crippen molar-refractivity contribution in [3.8, 4) is 0 Å². The number of nitrogens with zero attached hydrogens (tertiary/aromatic N) is 1. The molecule has 1 unspecified atom stereocenters. The monoisotopic (exact) mass is 228 g/mol. The first kappa shape index (κ1) is 11.8.